The molecule has 1 saturated carbocycles. The number of nitrogens with zero attached hydrogens (tertiary/aromatic N) is 1. The number of hydrogen-bond donors (Lipinski definition) is 1. The van der Waals surface area contributed by atoms with Gasteiger partial charge in [0, 0.05) is 12.5 Å². The maximum Gasteiger partial charge on any atom is 0.220 e. The van der Waals surface area contributed by atoms with Crippen molar-refractivity contribution in [3.8, 4) is 11.5 Å². The topological polar surface area (TPSA) is 50.8 Å². The Hall–Kier alpha value is -1.46. The van der Waals surface area contributed by atoms with Crippen molar-refractivity contribution in [3.63, 3.8) is 0 Å². The molecular weight excluding hydrogens is 400 g/mol. The van der Waals surface area contributed by atoms with E-state index >= 15 is 0 Å². The van der Waals surface area contributed by atoms with Crippen LogP contribution in [0.25, 0.3) is 0 Å². The Morgan fingerprint density at radius 1 is 1.10 bits per heavy atom. The number of nitrogens with one attached hydrogen (secondary N) is 1. The van der Waals surface area contributed by atoms with Crippen molar-refractivity contribution in [1.29, 1.82) is 0 Å². The van der Waals surface area contributed by atoms with Crippen molar-refractivity contribution >= 4 is 18.3 Å². The summed E-state index contributed by atoms with van der Waals surface area (Å²) in [5.74, 6) is 2.48. The van der Waals surface area contributed by atoms with E-state index < -0.39 is 0 Å². The number of rotatable bonds is 12. The minimum absolute atomic E-state index is 0. The van der Waals surface area contributed by atoms with E-state index in [0.29, 0.717) is 19.1 Å². The molecule has 0 bridgehead atoms. The monoisotopic (exact) mass is 440 g/mol. The molecule has 2 rings (SSSR count). The lowest BCUT2D eigenvalue weighted by Gasteiger charge is -2.26. The molecular formula is C24H41ClN2O3. The Balaban J connectivity index is 0.00000450. The summed E-state index contributed by atoms with van der Waals surface area (Å²) in [4.78, 5) is 14.5. The van der Waals surface area contributed by atoms with E-state index in [2.05, 4.69) is 31.2 Å². The number of amides is 1. The molecule has 1 aliphatic carbocycles. The van der Waals surface area contributed by atoms with Gasteiger partial charge >= 0.3 is 0 Å². The van der Waals surface area contributed by atoms with Gasteiger partial charge in [0.15, 0.2) is 11.5 Å². The van der Waals surface area contributed by atoms with Crippen LogP contribution in [0, 0.1) is 5.92 Å². The number of carbonyl (C=O) groups excluding carboxylic acids is 1. The highest BCUT2D eigenvalue weighted by Gasteiger charge is 2.19. The van der Waals surface area contributed by atoms with Crippen molar-refractivity contribution in [2.24, 2.45) is 5.92 Å². The summed E-state index contributed by atoms with van der Waals surface area (Å²) in [7, 11) is 5.87. The second-order valence-corrected chi connectivity index (χ2v) is 8.72. The number of carbonyl (C=O) groups is 1. The van der Waals surface area contributed by atoms with Gasteiger partial charge in [-0.1, -0.05) is 13.0 Å². The normalized spacial score (nSPS) is 18.6. The summed E-state index contributed by atoms with van der Waals surface area (Å²) in [6.45, 7) is 4.11. The van der Waals surface area contributed by atoms with Crippen LogP contribution >= 0.6 is 12.4 Å². The Labute approximate surface area is 189 Å². The number of methoxy groups -OCH3 is 1. The average molecular weight is 441 g/mol. The molecule has 1 aromatic rings. The molecule has 0 heterocycles. The Morgan fingerprint density at radius 2 is 1.83 bits per heavy atom. The van der Waals surface area contributed by atoms with Crippen LogP contribution < -0.4 is 14.8 Å². The minimum atomic E-state index is 0. The first-order valence-electron chi connectivity index (χ1n) is 11.2. The summed E-state index contributed by atoms with van der Waals surface area (Å²) < 4.78 is 11.4. The molecule has 1 fully saturated rings. The summed E-state index contributed by atoms with van der Waals surface area (Å²) in [6.07, 6.45) is 9.29. The van der Waals surface area contributed by atoms with Crippen LogP contribution in [0.2, 0.25) is 0 Å². The van der Waals surface area contributed by atoms with Gasteiger partial charge in [-0.3, -0.25) is 4.79 Å². The molecule has 1 amide bonds. The van der Waals surface area contributed by atoms with Gasteiger partial charge in [0.2, 0.25) is 5.91 Å². The zero-order chi connectivity index (χ0) is 21.1. The smallest absolute Gasteiger partial charge is 0.220 e. The van der Waals surface area contributed by atoms with Gasteiger partial charge in [0.25, 0.3) is 0 Å². The van der Waals surface area contributed by atoms with Gasteiger partial charge < -0.3 is 19.7 Å². The number of halogens is 1. The molecule has 0 radical (unpaired) electrons. The quantitative estimate of drug-likeness (QED) is 0.472. The van der Waals surface area contributed by atoms with Gasteiger partial charge in [-0.05, 0) is 95.6 Å². The molecule has 0 aliphatic heterocycles. The number of ether oxygens (including phenoxy) is 2. The maximum absolute atomic E-state index is 12.3. The fourth-order valence-corrected chi connectivity index (χ4v) is 3.84. The van der Waals surface area contributed by atoms with E-state index in [4.69, 9.17) is 9.47 Å². The lowest BCUT2D eigenvalue weighted by molar-refractivity contribution is -0.122. The predicted octanol–water partition coefficient (Wildman–Crippen LogP) is 4.86. The van der Waals surface area contributed by atoms with E-state index in [1.165, 1.54) is 19.3 Å². The number of hydrogen-bond acceptors (Lipinski definition) is 4. The molecule has 1 N–H and O–H groups in total. The molecule has 0 spiro atoms. The number of unbranched alkanes of at least 4 members (excludes halogenated alkanes) is 2. The molecule has 1 aliphatic rings. The van der Waals surface area contributed by atoms with Crippen LogP contribution in [0.1, 0.15) is 63.9 Å². The van der Waals surface area contributed by atoms with Crippen LogP contribution in [0.15, 0.2) is 18.2 Å². The van der Waals surface area contributed by atoms with Crippen molar-refractivity contribution in [3.05, 3.63) is 23.8 Å². The van der Waals surface area contributed by atoms with Gasteiger partial charge in [-0.15, -0.1) is 12.4 Å². The third-order valence-electron chi connectivity index (χ3n) is 5.76. The minimum Gasteiger partial charge on any atom is -0.493 e. The molecule has 6 heteroatoms. The summed E-state index contributed by atoms with van der Waals surface area (Å²) >= 11 is 0. The maximum atomic E-state index is 12.3. The highest BCUT2D eigenvalue weighted by atomic mass is 35.5. The second kappa shape index (κ2) is 14.5. The lowest BCUT2D eigenvalue weighted by atomic mass is 9.87. The van der Waals surface area contributed by atoms with Gasteiger partial charge in [0.05, 0.1) is 13.7 Å². The summed E-state index contributed by atoms with van der Waals surface area (Å²) in [5.41, 5.74) is 1.10. The van der Waals surface area contributed by atoms with Gasteiger partial charge in [-0.25, -0.2) is 0 Å². The van der Waals surface area contributed by atoms with Crippen LogP contribution in [0.3, 0.4) is 0 Å². The fraction of sp³-hybridized carbons (Fsp3) is 0.708. The van der Waals surface area contributed by atoms with E-state index in [9.17, 15) is 4.79 Å². The van der Waals surface area contributed by atoms with Crippen LogP contribution in [-0.2, 0) is 11.2 Å². The molecule has 5 nitrogen and oxygen atoms in total. The summed E-state index contributed by atoms with van der Waals surface area (Å²) in [6, 6.07) is 6.37. The standard InChI is InChI=1S/C24H40N2O3.ClH/c1-19-8-12-21(13-9-19)25-24(27)15-11-20-10-14-22(23(18-20)28-4)29-17-7-5-6-16-26(2)3;/h10,14,18-19,21H,5-9,11-13,15-17H2,1-4H3,(H,25,27);1H/t19-,21-;. The fourth-order valence-electron chi connectivity index (χ4n) is 3.84. The SMILES string of the molecule is COc1cc(CCC(=O)N[C@H]2CC[C@H](C)CC2)ccc1OCCCCCN(C)C.Cl. The van der Waals surface area contributed by atoms with Crippen LogP contribution in [-0.4, -0.2) is 51.2 Å². The largest absolute Gasteiger partial charge is 0.493 e. The van der Waals surface area contributed by atoms with Crippen molar-refractivity contribution < 1.29 is 14.3 Å². The Morgan fingerprint density at radius 3 is 2.50 bits per heavy atom. The third kappa shape index (κ3) is 10.0. The molecule has 30 heavy (non-hydrogen) atoms. The first-order chi connectivity index (χ1) is 14.0. The van der Waals surface area contributed by atoms with Crippen molar-refractivity contribution in [2.75, 3.05) is 34.4 Å². The lowest BCUT2D eigenvalue weighted by Crippen LogP contribution is -2.37. The second-order valence-electron chi connectivity index (χ2n) is 8.72. The Kier molecular flexibility index (Phi) is 12.9. The highest BCUT2D eigenvalue weighted by molar-refractivity contribution is 5.85. The van der Waals surface area contributed by atoms with E-state index in [1.807, 2.05) is 18.2 Å². The molecule has 0 unspecified atom stereocenters. The molecule has 1 aromatic carbocycles. The van der Waals surface area contributed by atoms with E-state index in [1.54, 1.807) is 7.11 Å². The Bertz CT molecular complexity index is 616. The third-order valence-corrected chi connectivity index (χ3v) is 5.76. The number of benzene rings is 1. The predicted molar refractivity (Wildman–Crippen MR) is 126 cm³/mol. The average Bonchev–Trinajstić information content (AvgIpc) is 2.71. The van der Waals surface area contributed by atoms with Crippen molar-refractivity contribution in [2.45, 2.75) is 70.8 Å². The van der Waals surface area contributed by atoms with E-state index in [-0.39, 0.29) is 18.3 Å². The molecule has 0 aromatic heterocycles. The number of aryl methyl sites for hydroxylation is 1. The van der Waals surface area contributed by atoms with Gasteiger partial charge in [-0.2, -0.15) is 0 Å². The molecule has 172 valence electrons. The summed E-state index contributed by atoms with van der Waals surface area (Å²) in [5, 5.41) is 3.20. The first kappa shape index (κ1) is 26.6. The van der Waals surface area contributed by atoms with E-state index in [0.717, 1.165) is 61.6 Å². The first-order valence-corrected chi connectivity index (χ1v) is 11.2. The zero-order valence-corrected chi connectivity index (χ0v) is 20.1. The van der Waals surface area contributed by atoms with Crippen LogP contribution in [0.5, 0.6) is 11.5 Å². The van der Waals surface area contributed by atoms with Gasteiger partial charge in [0.1, 0.15) is 0 Å². The molecule has 0 saturated heterocycles. The van der Waals surface area contributed by atoms with Crippen molar-refractivity contribution in [1.82, 2.24) is 10.2 Å². The molecule has 0 atom stereocenters. The highest BCUT2D eigenvalue weighted by Crippen LogP contribution is 2.29. The van der Waals surface area contributed by atoms with Crippen LogP contribution in [0.4, 0.5) is 0 Å². The zero-order valence-electron chi connectivity index (χ0n) is 19.2.